The van der Waals surface area contributed by atoms with Crippen LogP contribution in [-0.4, -0.2) is 25.0 Å². The van der Waals surface area contributed by atoms with Crippen LogP contribution >= 0.6 is 0 Å². The maximum atomic E-state index is 12.5. The summed E-state index contributed by atoms with van der Waals surface area (Å²) < 4.78 is 10.6. The molecule has 3 rings (SSSR count). The molecule has 1 amide bonds. The lowest BCUT2D eigenvalue weighted by atomic mass is 10.1. The van der Waals surface area contributed by atoms with Gasteiger partial charge < -0.3 is 14.8 Å². The average molecular weight is 339 g/mol. The molecule has 1 atom stereocenters. The Hall–Kier alpha value is -2.82. The summed E-state index contributed by atoms with van der Waals surface area (Å²) >= 11 is 0. The summed E-state index contributed by atoms with van der Waals surface area (Å²) in [6.45, 7) is 0. The first-order valence-electron chi connectivity index (χ1n) is 8.33. The molecule has 25 heavy (non-hydrogen) atoms. The lowest BCUT2D eigenvalue weighted by Crippen LogP contribution is -2.33. The molecular weight excluding hydrogens is 318 g/mol. The third kappa shape index (κ3) is 4.83. The van der Waals surface area contributed by atoms with Crippen molar-refractivity contribution >= 4 is 11.9 Å². The number of hydrogen-bond acceptors (Lipinski definition) is 4. The number of rotatable bonds is 7. The minimum absolute atomic E-state index is 0.101. The second-order valence-corrected chi connectivity index (χ2v) is 6.09. The molecule has 0 aromatic heterocycles. The Morgan fingerprint density at radius 2 is 1.76 bits per heavy atom. The molecule has 5 heteroatoms. The topological polar surface area (TPSA) is 64.6 Å². The molecule has 130 valence electrons. The van der Waals surface area contributed by atoms with Crippen molar-refractivity contribution in [3.8, 4) is 5.75 Å². The number of esters is 1. The number of ether oxygens (including phenoxy) is 2. The Labute approximate surface area is 147 Å². The SMILES string of the molecule is COc1ccc(CC(=O)O[C@H](C(=O)NC2CC2)c2ccccc2)cc1. The zero-order chi connectivity index (χ0) is 17.6. The lowest BCUT2D eigenvalue weighted by molar-refractivity contribution is -0.156. The second-order valence-electron chi connectivity index (χ2n) is 6.09. The molecule has 0 saturated heterocycles. The number of carbonyl (C=O) groups excluding carboxylic acids is 2. The van der Waals surface area contributed by atoms with Crippen molar-refractivity contribution in [2.75, 3.05) is 7.11 Å². The minimum atomic E-state index is -0.924. The molecule has 2 aromatic rings. The van der Waals surface area contributed by atoms with Crippen molar-refractivity contribution in [3.63, 3.8) is 0 Å². The quantitative estimate of drug-likeness (QED) is 0.788. The number of amides is 1. The average Bonchev–Trinajstić information content (AvgIpc) is 3.45. The Kier molecular flexibility index (Phi) is 5.33. The molecule has 1 fully saturated rings. The fourth-order valence-corrected chi connectivity index (χ4v) is 2.49. The molecule has 0 spiro atoms. The molecule has 2 aromatic carbocycles. The molecule has 1 aliphatic carbocycles. The highest BCUT2D eigenvalue weighted by molar-refractivity contribution is 5.85. The van der Waals surface area contributed by atoms with E-state index in [1.807, 2.05) is 30.3 Å². The van der Waals surface area contributed by atoms with Gasteiger partial charge in [-0.3, -0.25) is 9.59 Å². The molecule has 0 heterocycles. The van der Waals surface area contributed by atoms with E-state index in [2.05, 4.69) is 5.32 Å². The van der Waals surface area contributed by atoms with Gasteiger partial charge in [0.05, 0.1) is 13.5 Å². The summed E-state index contributed by atoms with van der Waals surface area (Å²) in [6.07, 6.45) is 1.14. The van der Waals surface area contributed by atoms with E-state index in [0.29, 0.717) is 5.56 Å². The first kappa shape index (κ1) is 17.0. The Balaban J connectivity index is 1.67. The van der Waals surface area contributed by atoms with E-state index in [4.69, 9.17) is 9.47 Å². The van der Waals surface area contributed by atoms with Crippen LogP contribution in [0.15, 0.2) is 54.6 Å². The summed E-state index contributed by atoms with van der Waals surface area (Å²) in [5, 5.41) is 2.90. The van der Waals surface area contributed by atoms with Gasteiger partial charge in [-0.1, -0.05) is 42.5 Å². The van der Waals surface area contributed by atoms with Crippen LogP contribution in [-0.2, 0) is 20.7 Å². The Morgan fingerprint density at radius 3 is 2.36 bits per heavy atom. The number of hydrogen-bond donors (Lipinski definition) is 1. The van der Waals surface area contributed by atoms with Crippen LogP contribution in [0.4, 0.5) is 0 Å². The molecule has 0 radical (unpaired) electrons. The van der Waals surface area contributed by atoms with E-state index >= 15 is 0 Å². The van der Waals surface area contributed by atoms with E-state index in [0.717, 1.165) is 24.2 Å². The Morgan fingerprint density at radius 1 is 1.08 bits per heavy atom. The summed E-state index contributed by atoms with van der Waals surface area (Å²) in [7, 11) is 1.59. The largest absolute Gasteiger partial charge is 0.497 e. The maximum absolute atomic E-state index is 12.5. The first-order valence-corrected chi connectivity index (χ1v) is 8.33. The van der Waals surface area contributed by atoms with Gasteiger partial charge in [-0.25, -0.2) is 0 Å². The van der Waals surface area contributed by atoms with Crippen molar-refractivity contribution in [2.24, 2.45) is 0 Å². The van der Waals surface area contributed by atoms with E-state index in [-0.39, 0.29) is 18.4 Å². The molecule has 1 saturated carbocycles. The van der Waals surface area contributed by atoms with Crippen LogP contribution in [0.3, 0.4) is 0 Å². The highest BCUT2D eigenvalue weighted by Crippen LogP contribution is 2.23. The first-order chi connectivity index (χ1) is 12.2. The lowest BCUT2D eigenvalue weighted by Gasteiger charge is -2.18. The van der Waals surface area contributed by atoms with Crippen LogP contribution in [0.5, 0.6) is 5.75 Å². The predicted octanol–water partition coefficient (Wildman–Crippen LogP) is 2.80. The van der Waals surface area contributed by atoms with Crippen LogP contribution in [0.1, 0.15) is 30.1 Å². The van der Waals surface area contributed by atoms with Gasteiger partial charge in [0, 0.05) is 11.6 Å². The van der Waals surface area contributed by atoms with Crippen LogP contribution < -0.4 is 10.1 Å². The normalized spacial score (nSPS) is 14.4. The fraction of sp³-hybridized carbons (Fsp3) is 0.300. The zero-order valence-electron chi connectivity index (χ0n) is 14.1. The number of methoxy groups -OCH3 is 1. The molecule has 5 nitrogen and oxygen atoms in total. The summed E-state index contributed by atoms with van der Waals surface area (Å²) in [5.41, 5.74) is 1.48. The number of carbonyl (C=O) groups is 2. The third-order valence-electron chi connectivity index (χ3n) is 4.02. The highest BCUT2D eigenvalue weighted by Gasteiger charge is 2.30. The number of nitrogens with one attached hydrogen (secondary N) is 1. The monoisotopic (exact) mass is 339 g/mol. The van der Waals surface area contributed by atoms with Gasteiger partial charge in [-0.15, -0.1) is 0 Å². The molecule has 0 aliphatic heterocycles. The zero-order valence-corrected chi connectivity index (χ0v) is 14.1. The van der Waals surface area contributed by atoms with Crippen molar-refractivity contribution in [3.05, 3.63) is 65.7 Å². The van der Waals surface area contributed by atoms with Crippen LogP contribution in [0.2, 0.25) is 0 Å². The van der Waals surface area contributed by atoms with Gasteiger partial charge in [0.15, 0.2) is 0 Å². The second kappa shape index (κ2) is 7.83. The van der Waals surface area contributed by atoms with Gasteiger partial charge in [-0.2, -0.15) is 0 Å². The third-order valence-corrected chi connectivity index (χ3v) is 4.02. The van der Waals surface area contributed by atoms with E-state index < -0.39 is 12.1 Å². The summed E-state index contributed by atoms with van der Waals surface area (Å²) in [4.78, 5) is 24.8. The Bertz CT molecular complexity index is 723. The highest BCUT2D eigenvalue weighted by atomic mass is 16.5. The van der Waals surface area contributed by atoms with E-state index in [1.54, 1.807) is 31.4 Å². The van der Waals surface area contributed by atoms with Crippen molar-refractivity contribution in [1.29, 1.82) is 0 Å². The van der Waals surface area contributed by atoms with Gasteiger partial charge in [0.2, 0.25) is 6.10 Å². The molecule has 0 bridgehead atoms. The number of benzene rings is 2. The fourth-order valence-electron chi connectivity index (χ4n) is 2.49. The van der Waals surface area contributed by atoms with Gasteiger partial charge >= 0.3 is 5.97 Å². The van der Waals surface area contributed by atoms with Gasteiger partial charge in [0.1, 0.15) is 5.75 Å². The van der Waals surface area contributed by atoms with E-state index in [1.165, 1.54) is 0 Å². The molecule has 1 N–H and O–H groups in total. The molecular formula is C20H21NO4. The summed E-state index contributed by atoms with van der Waals surface area (Å²) in [6, 6.07) is 16.5. The molecule has 1 aliphatic rings. The van der Waals surface area contributed by atoms with Crippen molar-refractivity contribution in [2.45, 2.75) is 31.4 Å². The van der Waals surface area contributed by atoms with Crippen LogP contribution in [0, 0.1) is 0 Å². The smallest absolute Gasteiger partial charge is 0.311 e. The van der Waals surface area contributed by atoms with Crippen molar-refractivity contribution < 1.29 is 19.1 Å². The summed E-state index contributed by atoms with van der Waals surface area (Å²) in [5.74, 6) is 0.0184. The standard InChI is InChI=1S/C20H21NO4/c1-24-17-11-7-14(8-12-17)13-18(22)25-19(15-5-3-2-4-6-15)20(23)21-16-9-10-16/h2-8,11-12,16,19H,9-10,13H2,1H3,(H,21,23)/t19-/m0/s1. The maximum Gasteiger partial charge on any atom is 0.311 e. The van der Waals surface area contributed by atoms with Gasteiger partial charge in [-0.05, 0) is 30.5 Å². The van der Waals surface area contributed by atoms with Crippen LogP contribution in [0.25, 0.3) is 0 Å². The van der Waals surface area contributed by atoms with Gasteiger partial charge in [0.25, 0.3) is 5.91 Å². The van der Waals surface area contributed by atoms with Crippen molar-refractivity contribution in [1.82, 2.24) is 5.32 Å². The van der Waals surface area contributed by atoms with E-state index in [9.17, 15) is 9.59 Å². The minimum Gasteiger partial charge on any atom is -0.497 e. The predicted molar refractivity (Wildman–Crippen MR) is 93.1 cm³/mol. The molecule has 0 unspecified atom stereocenters.